The van der Waals surface area contributed by atoms with Crippen LogP contribution in [0.5, 0.6) is 0 Å². The van der Waals surface area contributed by atoms with Crippen molar-refractivity contribution in [3.8, 4) is 0 Å². The Kier molecular flexibility index (Phi) is 3.44. The van der Waals surface area contributed by atoms with Crippen LogP contribution in [0, 0.1) is 10.7 Å². The average Bonchev–Trinajstić information content (AvgIpc) is 2.66. The minimum atomic E-state index is 0.753. The summed E-state index contributed by atoms with van der Waals surface area (Å²) in [5.41, 5.74) is 2.22. The molecule has 1 aromatic heterocycles. The van der Waals surface area contributed by atoms with Crippen LogP contribution in [0.3, 0.4) is 0 Å². The van der Waals surface area contributed by atoms with Gasteiger partial charge in [0.15, 0.2) is 4.77 Å². The van der Waals surface area contributed by atoms with Gasteiger partial charge >= 0.3 is 0 Å². The van der Waals surface area contributed by atoms with Crippen LogP contribution < -0.4 is 0 Å². The fourth-order valence-electron chi connectivity index (χ4n) is 2.95. The Morgan fingerprint density at radius 1 is 1.28 bits per heavy atom. The van der Waals surface area contributed by atoms with Crippen LogP contribution in [-0.4, -0.2) is 9.55 Å². The van der Waals surface area contributed by atoms with Gasteiger partial charge in [0.2, 0.25) is 0 Å². The summed E-state index contributed by atoms with van der Waals surface area (Å²) in [4.78, 5) is 3.25. The van der Waals surface area contributed by atoms with Crippen LogP contribution in [-0.2, 0) is 6.54 Å². The van der Waals surface area contributed by atoms with Crippen molar-refractivity contribution < 1.29 is 0 Å². The third-order valence-electron chi connectivity index (χ3n) is 3.90. The maximum atomic E-state index is 6.01. The molecular weight excluding hydrogens is 264 g/mol. The van der Waals surface area contributed by atoms with E-state index in [1.807, 2.05) is 12.1 Å². The van der Waals surface area contributed by atoms with Crippen LogP contribution in [0.25, 0.3) is 11.0 Å². The lowest BCUT2D eigenvalue weighted by Gasteiger charge is -2.22. The Labute approximate surface area is 117 Å². The molecule has 1 aromatic carbocycles. The van der Waals surface area contributed by atoms with Gasteiger partial charge in [-0.05, 0) is 49.2 Å². The van der Waals surface area contributed by atoms with Crippen LogP contribution >= 0.6 is 23.8 Å². The molecule has 1 aliphatic carbocycles. The molecule has 1 saturated carbocycles. The largest absolute Gasteiger partial charge is 0.331 e. The van der Waals surface area contributed by atoms with Crippen molar-refractivity contribution in [2.75, 3.05) is 0 Å². The summed E-state index contributed by atoms with van der Waals surface area (Å²) in [6, 6.07) is 5.95. The van der Waals surface area contributed by atoms with Gasteiger partial charge in [-0.3, -0.25) is 0 Å². The predicted octanol–water partition coefficient (Wildman–Crippen LogP) is 4.93. The SMILES string of the molecule is S=c1[nH]c2cc(Cl)ccc2n1CC1CCCCC1. The lowest BCUT2D eigenvalue weighted by molar-refractivity contribution is 0.321. The van der Waals surface area contributed by atoms with Crippen molar-refractivity contribution in [2.45, 2.75) is 38.6 Å². The Morgan fingerprint density at radius 3 is 2.83 bits per heavy atom. The van der Waals surface area contributed by atoms with Gasteiger partial charge in [-0.2, -0.15) is 0 Å². The number of rotatable bonds is 2. The Morgan fingerprint density at radius 2 is 2.06 bits per heavy atom. The molecule has 0 spiro atoms. The first-order valence-corrected chi connectivity index (χ1v) is 7.41. The third kappa shape index (κ3) is 2.34. The molecule has 1 fully saturated rings. The van der Waals surface area contributed by atoms with Crippen LogP contribution in [0.4, 0.5) is 0 Å². The van der Waals surface area contributed by atoms with E-state index in [0.29, 0.717) is 0 Å². The van der Waals surface area contributed by atoms with E-state index < -0.39 is 0 Å². The normalized spacial score (nSPS) is 17.4. The van der Waals surface area contributed by atoms with E-state index in [2.05, 4.69) is 15.6 Å². The summed E-state index contributed by atoms with van der Waals surface area (Å²) in [6.07, 6.45) is 6.80. The zero-order valence-corrected chi connectivity index (χ0v) is 11.9. The Bertz CT molecular complexity index is 608. The molecule has 4 heteroatoms. The maximum absolute atomic E-state index is 6.01. The number of nitrogens with one attached hydrogen (secondary N) is 1. The lowest BCUT2D eigenvalue weighted by Crippen LogP contribution is -2.14. The number of nitrogens with zero attached hydrogens (tertiary/aromatic N) is 1. The fourth-order valence-corrected chi connectivity index (χ4v) is 3.40. The first-order chi connectivity index (χ1) is 8.74. The predicted molar refractivity (Wildman–Crippen MR) is 78.7 cm³/mol. The molecule has 2 nitrogen and oxygen atoms in total. The number of hydrogen-bond acceptors (Lipinski definition) is 1. The number of aromatic nitrogens is 2. The van der Waals surface area contributed by atoms with E-state index in [1.165, 1.54) is 37.6 Å². The molecule has 0 saturated heterocycles. The summed E-state index contributed by atoms with van der Waals surface area (Å²) in [7, 11) is 0. The number of imidazole rings is 1. The minimum absolute atomic E-state index is 0.753. The zero-order chi connectivity index (χ0) is 12.5. The molecule has 0 radical (unpaired) electrons. The highest BCUT2D eigenvalue weighted by Crippen LogP contribution is 2.27. The molecular formula is C14H17ClN2S. The summed E-state index contributed by atoms with van der Waals surface area (Å²) in [5, 5.41) is 0.753. The van der Waals surface area contributed by atoms with Gasteiger partial charge < -0.3 is 9.55 Å². The van der Waals surface area contributed by atoms with Gasteiger partial charge in [0.1, 0.15) is 0 Å². The third-order valence-corrected chi connectivity index (χ3v) is 4.46. The van der Waals surface area contributed by atoms with Gasteiger partial charge in [-0.1, -0.05) is 30.9 Å². The van der Waals surface area contributed by atoms with E-state index in [-0.39, 0.29) is 0 Å². The van der Waals surface area contributed by atoms with Gasteiger partial charge in [-0.15, -0.1) is 0 Å². The average molecular weight is 281 g/mol. The number of H-pyrrole nitrogens is 1. The minimum Gasteiger partial charge on any atom is -0.331 e. The molecule has 2 aromatic rings. The topological polar surface area (TPSA) is 20.7 Å². The zero-order valence-electron chi connectivity index (χ0n) is 10.3. The lowest BCUT2D eigenvalue weighted by atomic mass is 9.89. The smallest absolute Gasteiger partial charge is 0.178 e. The van der Waals surface area contributed by atoms with E-state index in [0.717, 1.165) is 27.8 Å². The monoisotopic (exact) mass is 280 g/mol. The van der Waals surface area contributed by atoms with Gasteiger partial charge in [0.05, 0.1) is 11.0 Å². The summed E-state index contributed by atoms with van der Waals surface area (Å²) >= 11 is 11.4. The standard InChI is InChI=1S/C14H17ClN2S/c15-11-6-7-13-12(8-11)16-14(18)17(13)9-10-4-2-1-3-5-10/h6-8,10H,1-5,9H2,(H,16,18). The number of aromatic amines is 1. The Balaban J connectivity index is 1.95. The van der Waals surface area contributed by atoms with Crippen molar-refractivity contribution in [3.05, 3.63) is 28.0 Å². The Hall–Kier alpha value is -0.800. The first-order valence-electron chi connectivity index (χ1n) is 6.62. The van der Waals surface area contributed by atoms with Crippen molar-refractivity contribution >= 4 is 34.9 Å². The van der Waals surface area contributed by atoms with Crippen molar-refractivity contribution in [2.24, 2.45) is 5.92 Å². The second kappa shape index (κ2) is 5.06. The highest BCUT2D eigenvalue weighted by molar-refractivity contribution is 7.71. The highest BCUT2D eigenvalue weighted by Gasteiger charge is 2.15. The van der Waals surface area contributed by atoms with Crippen LogP contribution in [0.15, 0.2) is 18.2 Å². The first kappa shape index (κ1) is 12.2. The molecule has 0 unspecified atom stereocenters. The maximum Gasteiger partial charge on any atom is 0.178 e. The molecule has 0 bridgehead atoms. The van der Waals surface area contributed by atoms with Crippen LogP contribution in [0.1, 0.15) is 32.1 Å². The number of halogens is 1. The molecule has 1 aliphatic rings. The number of hydrogen-bond donors (Lipinski definition) is 1. The second-order valence-electron chi connectivity index (χ2n) is 5.21. The van der Waals surface area contributed by atoms with E-state index in [9.17, 15) is 0 Å². The molecule has 18 heavy (non-hydrogen) atoms. The van der Waals surface area contributed by atoms with E-state index in [4.69, 9.17) is 23.8 Å². The molecule has 0 aliphatic heterocycles. The van der Waals surface area contributed by atoms with Crippen LogP contribution in [0.2, 0.25) is 5.02 Å². The van der Waals surface area contributed by atoms with Gasteiger partial charge in [0, 0.05) is 11.6 Å². The molecule has 1 heterocycles. The van der Waals surface area contributed by atoms with Crippen molar-refractivity contribution in [1.29, 1.82) is 0 Å². The summed E-state index contributed by atoms with van der Waals surface area (Å²) in [6.45, 7) is 1.04. The summed E-state index contributed by atoms with van der Waals surface area (Å²) < 4.78 is 3.05. The molecule has 96 valence electrons. The molecule has 0 atom stereocenters. The molecule has 3 rings (SSSR count). The highest BCUT2D eigenvalue weighted by atomic mass is 35.5. The molecule has 0 amide bonds. The second-order valence-corrected chi connectivity index (χ2v) is 6.03. The quantitative estimate of drug-likeness (QED) is 0.773. The van der Waals surface area contributed by atoms with Gasteiger partial charge in [0.25, 0.3) is 0 Å². The van der Waals surface area contributed by atoms with E-state index >= 15 is 0 Å². The molecule has 1 N–H and O–H groups in total. The summed E-state index contributed by atoms with van der Waals surface area (Å²) in [5.74, 6) is 0.778. The number of fused-ring (bicyclic) bond motifs is 1. The van der Waals surface area contributed by atoms with Crippen molar-refractivity contribution in [3.63, 3.8) is 0 Å². The fraction of sp³-hybridized carbons (Fsp3) is 0.500. The van der Waals surface area contributed by atoms with Crippen molar-refractivity contribution in [1.82, 2.24) is 9.55 Å². The van der Waals surface area contributed by atoms with Gasteiger partial charge in [-0.25, -0.2) is 0 Å². The number of benzene rings is 1. The van der Waals surface area contributed by atoms with E-state index in [1.54, 1.807) is 0 Å².